The number of fused-ring (bicyclic) bond motifs is 1. The fourth-order valence-electron chi connectivity index (χ4n) is 3.41. The molecule has 2 aromatic carbocycles. The Balaban J connectivity index is 1.66. The molecule has 0 aliphatic heterocycles. The number of nitrogens with one attached hydrogen (secondary N) is 1. The van der Waals surface area contributed by atoms with Crippen LogP contribution in [0.3, 0.4) is 0 Å². The number of methoxy groups -OCH3 is 1. The minimum absolute atomic E-state index is 0.154. The third kappa shape index (κ3) is 4.35. The van der Waals surface area contributed by atoms with Gasteiger partial charge in [0.2, 0.25) is 0 Å². The predicted octanol–water partition coefficient (Wildman–Crippen LogP) is 3.21. The molecule has 1 atom stereocenters. The molecule has 3 N–H and O–H groups in total. The molecule has 1 aliphatic rings. The lowest BCUT2D eigenvalue weighted by Crippen LogP contribution is -2.27. The number of hydrogen-bond donors (Lipinski definition) is 2. The molecule has 5 nitrogen and oxygen atoms in total. The first-order valence-corrected chi connectivity index (χ1v) is 9.06. The van der Waals surface area contributed by atoms with Crippen molar-refractivity contribution in [1.29, 1.82) is 0 Å². The average molecular weight is 352 g/mol. The maximum atomic E-state index is 6.12. The van der Waals surface area contributed by atoms with Crippen LogP contribution >= 0.6 is 0 Å². The van der Waals surface area contributed by atoms with E-state index in [1.165, 1.54) is 29.5 Å². The van der Waals surface area contributed by atoms with Gasteiger partial charge in [-0.1, -0.05) is 18.2 Å². The van der Waals surface area contributed by atoms with Crippen molar-refractivity contribution in [3.63, 3.8) is 0 Å². The Morgan fingerprint density at radius 2 is 1.88 bits per heavy atom. The normalized spacial score (nSPS) is 15.0. The number of guanidine groups is 1. The predicted molar refractivity (Wildman–Crippen MR) is 108 cm³/mol. The van der Waals surface area contributed by atoms with Crippen LogP contribution in [0.15, 0.2) is 47.5 Å². The number of hydrogen-bond acceptors (Lipinski definition) is 3. The van der Waals surface area contributed by atoms with Gasteiger partial charge in [0.25, 0.3) is 0 Å². The number of aliphatic imine (C=N–C) groups is 1. The number of aryl methyl sites for hydroxylation is 2. The number of likely N-dealkylation sites (N-methyl/N-ethyl adjacent to an activating group) is 1. The molecule has 0 spiro atoms. The maximum absolute atomic E-state index is 6.12. The van der Waals surface area contributed by atoms with E-state index in [-0.39, 0.29) is 6.04 Å². The summed E-state index contributed by atoms with van der Waals surface area (Å²) in [5.74, 6) is 1.30. The lowest BCUT2D eigenvalue weighted by molar-refractivity contribution is 0.306. The van der Waals surface area contributed by atoms with Crippen molar-refractivity contribution in [3.05, 3.63) is 59.2 Å². The molecule has 0 amide bonds. The van der Waals surface area contributed by atoms with Crippen molar-refractivity contribution < 1.29 is 4.74 Å². The molecule has 0 radical (unpaired) electrons. The molecule has 0 fully saturated rings. The molecule has 0 saturated carbocycles. The van der Waals surface area contributed by atoms with E-state index in [9.17, 15) is 0 Å². The maximum Gasteiger partial charge on any atom is 0.193 e. The quantitative estimate of drug-likeness (QED) is 0.619. The first-order chi connectivity index (χ1) is 12.6. The number of ether oxygens (including phenoxy) is 1. The Morgan fingerprint density at radius 1 is 1.15 bits per heavy atom. The van der Waals surface area contributed by atoms with E-state index in [0.717, 1.165) is 17.9 Å². The highest BCUT2D eigenvalue weighted by Crippen LogP contribution is 2.25. The zero-order valence-corrected chi connectivity index (χ0v) is 15.8. The summed E-state index contributed by atoms with van der Waals surface area (Å²) in [7, 11) is 5.77. The number of rotatable bonds is 6. The van der Waals surface area contributed by atoms with Crippen molar-refractivity contribution >= 4 is 11.6 Å². The molecular formula is C21H28N4O. The van der Waals surface area contributed by atoms with E-state index < -0.39 is 0 Å². The standard InChI is InChI=1S/C21H28N4O/c1-25(2)20(16-8-11-19(26-3)12-9-16)14-23-21(22)24-18-10-7-15-5-4-6-17(15)13-18/h7-13,20H,4-6,14H2,1-3H3,(H3,22,23,24). The summed E-state index contributed by atoms with van der Waals surface area (Å²) in [6.45, 7) is 0.586. The van der Waals surface area contributed by atoms with E-state index in [1.54, 1.807) is 7.11 Å². The van der Waals surface area contributed by atoms with E-state index in [4.69, 9.17) is 10.5 Å². The van der Waals surface area contributed by atoms with Gasteiger partial charge in [-0.25, -0.2) is 0 Å². The molecule has 0 heterocycles. The van der Waals surface area contributed by atoms with Crippen molar-refractivity contribution in [2.24, 2.45) is 10.7 Å². The van der Waals surface area contributed by atoms with Gasteiger partial charge in [0, 0.05) is 5.69 Å². The summed E-state index contributed by atoms with van der Waals surface area (Å²) in [6, 6.07) is 14.7. The van der Waals surface area contributed by atoms with Crippen molar-refractivity contribution in [2.75, 3.05) is 33.1 Å². The van der Waals surface area contributed by atoms with Gasteiger partial charge in [-0.2, -0.15) is 0 Å². The van der Waals surface area contributed by atoms with Crippen LogP contribution in [-0.4, -0.2) is 38.6 Å². The zero-order chi connectivity index (χ0) is 18.5. The molecule has 26 heavy (non-hydrogen) atoms. The van der Waals surface area contributed by atoms with Crippen LogP contribution in [0.4, 0.5) is 5.69 Å². The fraction of sp³-hybridized carbons (Fsp3) is 0.381. The molecule has 2 aromatic rings. The second kappa shape index (κ2) is 8.23. The van der Waals surface area contributed by atoms with E-state index in [2.05, 4.69) is 59.6 Å². The van der Waals surface area contributed by atoms with E-state index >= 15 is 0 Å². The van der Waals surface area contributed by atoms with Crippen LogP contribution in [0.1, 0.15) is 29.2 Å². The molecule has 3 rings (SSSR count). The Morgan fingerprint density at radius 3 is 2.58 bits per heavy atom. The average Bonchev–Trinajstić information content (AvgIpc) is 3.10. The third-order valence-corrected chi connectivity index (χ3v) is 4.93. The van der Waals surface area contributed by atoms with Crippen LogP contribution in [0.5, 0.6) is 5.75 Å². The fourth-order valence-corrected chi connectivity index (χ4v) is 3.41. The van der Waals surface area contributed by atoms with Crippen molar-refractivity contribution in [2.45, 2.75) is 25.3 Å². The Labute approximate surface area is 155 Å². The summed E-state index contributed by atoms with van der Waals surface area (Å²) >= 11 is 0. The van der Waals surface area contributed by atoms with Crippen molar-refractivity contribution in [1.82, 2.24) is 4.90 Å². The smallest absolute Gasteiger partial charge is 0.193 e. The van der Waals surface area contributed by atoms with Gasteiger partial charge >= 0.3 is 0 Å². The van der Waals surface area contributed by atoms with Crippen LogP contribution < -0.4 is 15.8 Å². The van der Waals surface area contributed by atoms with Gasteiger partial charge in [-0.15, -0.1) is 0 Å². The van der Waals surface area contributed by atoms with Gasteiger partial charge in [0.1, 0.15) is 5.75 Å². The highest BCUT2D eigenvalue weighted by atomic mass is 16.5. The summed E-state index contributed by atoms with van der Waals surface area (Å²) in [6.07, 6.45) is 3.59. The molecule has 0 saturated heterocycles. The van der Waals surface area contributed by atoms with E-state index in [1.807, 2.05) is 12.1 Å². The molecule has 138 valence electrons. The summed E-state index contributed by atoms with van der Waals surface area (Å²) in [5.41, 5.74) is 11.2. The monoisotopic (exact) mass is 352 g/mol. The largest absolute Gasteiger partial charge is 0.497 e. The summed E-state index contributed by atoms with van der Waals surface area (Å²) in [4.78, 5) is 6.71. The molecule has 1 aliphatic carbocycles. The van der Waals surface area contributed by atoms with Crippen molar-refractivity contribution in [3.8, 4) is 5.75 Å². The van der Waals surface area contributed by atoms with Gasteiger partial charge < -0.3 is 20.7 Å². The Hall–Kier alpha value is -2.53. The van der Waals surface area contributed by atoms with Crippen LogP contribution in [0, 0.1) is 0 Å². The first-order valence-electron chi connectivity index (χ1n) is 9.06. The molecule has 0 aromatic heterocycles. The lowest BCUT2D eigenvalue weighted by Gasteiger charge is -2.23. The molecular weight excluding hydrogens is 324 g/mol. The second-order valence-electron chi connectivity index (χ2n) is 6.94. The van der Waals surface area contributed by atoms with Gasteiger partial charge in [-0.3, -0.25) is 4.99 Å². The second-order valence-corrected chi connectivity index (χ2v) is 6.94. The minimum atomic E-state index is 0.154. The lowest BCUT2D eigenvalue weighted by atomic mass is 10.1. The van der Waals surface area contributed by atoms with Crippen LogP contribution in [0.25, 0.3) is 0 Å². The summed E-state index contributed by atoms with van der Waals surface area (Å²) < 4.78 is 5.23. The number of anilines is 1. The number of nitrogens with zero attached hydrogens (tertiary/aromatic N) is 2. The number of benzene rings is 2. The summed E-state index contributed by atoms with van der Waals surface area (Å²) in [5, 5.41) is 3.22. The Kier molecular flexibility index (Phi) is 5.78. The molecule has 5 heteroatoms. The van der Waals surface area contributed by atoms with Gasteiger partial charge in [0.15, 0.2) is 5.96 Å². The SMILES string of the molecule is COc1ccc(C(CN=C(N)Nc2ccc3c(c2)CCC3)N(C)C)cc1. The van der Waals surface area contributed by atoms with Gasteiger partial charge in [0.05, 0.1) is 19.7 Å². The highest BCUT2D eigenvalue weighted by Gasteiger charge is 2.14. The third-order valence-electron chi connectivity index (χ3n) is 4.93. The van der Waals surface area contributed by atoms with Gasteiger partial charge in [-0.05, 0) is 74.3 Å². The number of nitrogens with two attached hydrogens (primary N) is 1. The molecule has 0 bridgehead atoms. The highest BCUT2D eigenvalue weighted by molar-refractivity contribution is 5.92. The van der Waals surface area contributed by atoms with Crippen LogP contribution in [0.2, 0.25) is 0 Å². The van der Waals surface area contributed by atoms with E-state index in [0.29, 0.717) is 12.5 Å². The molecule has 1 unspecified atom stereocenters. The topological polar surface area (TPSA) is 62.9 Å². The zero-order valence-electron chi connectivity index (χ0n) is 15.8. The Bertz CT molecular complexity index is 768. The minimum Gasteiger partial charge on any atom is -0.497 e. The first kappa shape index (κ1) is 18.3. The van der Waals surface area contributed by atoms with Crippen LogP contribution in [-0.2, 0) is 12.8 Å².